The average Bonchev–Trinajstić information content (AvgIpc) is 2.74. The molecule has 0 radical (unpaired) electrons. The number of aromatic hydroxyl groups is 4. The molecule has 0 unspecified atom stereocenters. The first kappa shape index (κ1) is 21.9. The zero-order valence-corrected chi connectivity index (χ0v) is 16.3. The van der Waals surface area contributed by atoms with Crippen LogP contribution in [0.15, 0.2) is 39.5 Å². The van der Waals surface area contributed by atoms with Gasteiger partial charge >= 0.3 is 0 Å². The van der Waals surface area contributed by atoms with E-state index in [0.29, 0.717) is 0 Å². The molecule has 1 aromatic heterocycles. The van der Waals surface area contributed by atoms with E-state index in [9.17, 15) is 45.6 Å². The molecule has 3 aromatic rings. The zero-order chi connectivity index (χ0) is 23.3. The summed E-state index contributed by atoms with van der Waals surface area (Å²) in [5.41, 5.74) is -1.17. The Morgan fingerprint density at radius 2 is 1.56 bits per heavy atom. The number of hydrogen-bond acceptors (Lipinski definition) is 11. The number of benzene rings is 2. The Morgan fingerprint density at radius 3 is 2.22 bits per heavy atom. The van der Waals surface area contributed by atoms with Crippen LogP contribution in [0, 0.1) is 0 Å². The largest absolute Gasteiger partial charge is 0.507 e. The van der Waals surface area contributed by atoms with Gasteiger partial charge in [0.15, 0.2) is 16.9 Å². The summed E-state index contributed by atoms with van der Waals surface area (Å²) in [6.07, 6.45) is -8.09. The molecule has 2 heterocycles. The lowest BCUT2D eigenvalue weighted by molar-refractivity contribution is -0.232. The fourth-order valence-electron chi connectivity index (χ4n) is 3.74. The number of aliphatic hydroxyl groups is 4. The smallest absolute Gasteiger partial charge is 0.197 e. The van der Waals surface area contributed by atoms with Gasteiger partial charge in [0.05, 0.1) is 12.2 Å². The van der Waals surface area contributed by atoms with E-state index in [2.05, 4.69) is 0 Å². The SMILES string of the molecule is O=c1cc(-c2ccc(O)c(O)c2)oc2cc(O)c([C@H]3O[C@@H](CO)[C@H](O)[C@H](O)[C@@H]3O)c(O)c12. The lowest BCUT2D eigenvalue weighted by atomic mass is 9.89. The quantitative estimate of drug-likeness (QED) is 0.247. The molecule has 1 saturated heterocycles. The highest BCUT2D eigenvalue weighted by molar-refractivity contribution is 5.88. The highest BCUT2D eigenvalue weighted by Gasteiger charge is 2.46. The Morgan fingerprint density at radius 1 is 0.844 bits per heavy atom. The minimum atomic E-state index is -1.80. The first-order valence-corrected chi connectivity index (χ1v) is 9.49. The summed E-state index contributed by atoms with van der Waals surface area (Å²) >= 11 is 0. The molecule has 0 amide bonds. The summed E-state index contributed by atoms with van der Waals surface area (Å²) in [5.74, 6) is -2.28. The van der Waals surface area contributed by atoms with Crippen LogP contribution < -0.4 is 5.43 Å². The molecule has 1 fully saturated rings. The van der Waals surface area contributed by atoms with Crippen molar-refractivity contribution in [1.82, 2.24) is 0 Å². The summed E-state index contributed by atoms with van der Waals surface area (Å²) in [6.45, 7) is -0.721. The molecule has 11 nitrogen and oxygen atoms in total. The third-order valence-electron chi connectivity index (χ3n) is 5.45. The van der Waals surface area contributed by atoms with Gasteiger partial charge in [0, 0.05) is 17.7 Å². The lowest BCUT2D eigenvalue weighted by Crippen LogP contribution is -2.55. The van der Waals surface area contributed by atoms with Crippen molar-refractivity contribution < 1.29 is 50.0 Å². The maximum Gasteiger partial charge on any atom is 0.197 e. The number of ether oxygens (including phenoxy) is 1. The van der Waals surface area contributed by atoms with Crippen molar-refractivity contribution in [3.05, 3.63) is 46.1 Å². The summed E-state index contributed by atoms with van der Waals surface area (Å²) in [7, 11) is 0. The first-order valence-electron chi connectivity index (χ1n) is 9.49. The van der Waals surface area contributed by atoms with Gasteiger partial charge in [-0.2, -0.15) is 0 Å². The van der Waals surface area contributed by atoms with Crippen molar-refractivity contribution in [2.24, 2.45) is 0 Å². The van der Waals surface area contributed by atoms with Gasteiger partial charge in [0.25, 0.3) is 0 Å². The molecule has 11 heteroatoms. The Kier molecular flexibility index (Phi) is 5.44. The molecule has 0 spiro atoms. The molecule has 0 bridgehead atoms. The van der Waals surface area contributed by atoms with Gasteiger partial charge in [-0.3, -0.25) is 4.79 Å². The summed E-state index contributed by atoms with van der Waals surface area (Å²) in [5, 5.41) is 79.6. The lowest BCUT2D eigenvalue weighted by Gasteiger charge is -2.40. The maximum absolute atomic E-state index is 12.8. The van der Waals surface area contributed by atoms with Gasteiger partial charge in [0.1, 0.15) is 58.7 Å². The van der Waals surface area contributed by atoms with Crippen molar-refractivity contribution in [2.75, 3.05) is 6.61 Å². The Balaban J connectivity index is 1.86. The van der Waals surface area contributed by atoms with Gasteiger partial charge in [-0.25, -0.2) is 0 Å². The predicted molar refractivity (Wildman–Crippen MR) is 107 cm³/mol. The van der Waals surface area contributed by atoms with Crippen LogP contribution in [0.2, 0.25) is 0 Å². The summed E-state index contributed by atoms with van der Waals surface area (Å²) in [4.78, 5) is 12.8. The van der Waals surface area contributed by atoms with Crippen molar-refractivity contribution >= 4 is 11.0 Å². The van der Waals surface area contributed by atoms with Crippen molar-refractivity contribution in [1.29, 1.82) is 0 Å². The number of hydrogen-bond donors (Lipinski definition) is 8. The molecule has 4 rings (SSSR count). The molecule has 0 aliphatic carbocycles. The second kappa shape index (κ2) is 7.97. The number of aliphatic hydroxyl groups excluding tert-OH is 4. The minimum Gasteiger partial charge on any atom is -0.507 e. The molecule has 8 N–H and O–H groups in total. The van der Waals surface area contributed by atoms with E-state index >= 15 is 0 Å². The van der Waals surface area contributed by atoms with Gasteiger partial charge in [-0.05, 0) is 18.2 Å². The van der Waals surface area contributed by atoms with Crippen LogP contribution >= 0.6 is 0 Å². The number of phenols is 4. The number of phenolic OH excluding ortho intramolecular Hbond substituents is 4. The fraction of sp³-hybridized carbons (Fsp3) is 0.286. The van der Waals surface area contributed by atoms with Crippen LogP contribution in [0.5, 0.6) is 23.0 Å². The molecule has 1 aliphatic heterocycles. The Hall–Kier alpha value is -3.35. The van der Waals surface area contributed by atoms with E-state index in [1.807, 2.05) is 0 Å². The van der Waals surface area contributed by atoms with E-state index in [1.165, 1.54) is 12.1 Å². The molecular formula is C21H20O11. The third-order valence-corrected chi connectivity index (χ3v) is 5.45. The Labute approximate surface area is 179 Å². The van der Waals surface area contributed by atoms with Crippen molar-refractivity contribution in [3.63, 3.8) is 0 Å². The molecule has 5 atom stereocenters. The number of rotatable bonds is 3. The second-order valence-electron chi connectivity index (χ2n) is 7.46. The molecule has 170 valence electrons. The maximum atomic E-state index is 12.8. The summed E-state index contributed by atoms with van der Waals surface area (Å²) < 4.78 is 11.0. The van der Waals surface area contributed by atoms with E-state index in [4.69, 9.17) is 9.15 Å². The van der Waals surface area contributed by atoms with Crippen LogP contribution in [0.1, 0.15) is 11.7 Å². The van der Waals surface area contributed by atoms with Gasteiger partial charge in [-0.15, -0.1) is 0 Å². The zero-order valence-electron chi connectivity index (χ0n) is 16.3. The topological polar surface area (TPSA) is 201 Å². The summed E-state index contributed by atoms with van der Waals surface area (Å²) in [6, 6.07) is 5.73. The van der Waals surface area contributed by atoms with E-state index in [0.717, 1.165) is 18.2 Å². The van der Waals surface area contributed by atoms with E-state index in [1.54, 1.807) is 0 Å². The van der Waals surface area contributed by atoms with Crippen LogP contribution in [0.25, 0.3) is 22.3 Å². The highest BCUT2D eigenvalue weighted by Crippen LogP contribution is 2.44. The van der Waals surface area contributed by atoms with Crippen LogP contribution in [0.4, 0.5) is 0 Å². The van der Waals surface area contributed by atoms with Crippen LogP contribution in [0.3, 0.4) is 0 Å². The fourth-order valence-corrected chi connectivity index (χ4v) is 3.74. The van der Waals surface area contributed by atoms with Gasteiger partial charge < -0.3 is 50.0 Å². The molecule has 32 heavy (non-hydrogen) atoms. The Bertz CT molecular complexity index is 1230. The predicted octanol–water partition coefficient (Wildman–Crippen LogP) is -0.203. The monoisotopic (exact) mass is 448 g/mol. The highest BCUT2D eigenvalue weighted by atomic mass is 16.5. The van der Waals surface area contributed by atoms with Gasteiger partial charge in [0.2, 0.25) is 0 Å². The van der Waals surface area contributed by atoms with Gasteiger partial charge in [-0.1, -0.05) is 0 Å². The normalized spacial score (nSPS) is 25.8. The average molecular weight is 448 g/mol. The molecule has 0 saturated carbocycles. The number of fused-ring (bicyclic) bond motifs is 1. The second-order valence-corrected chi connectivity index (χ2v) is 7.46. The van der Waals surface area contributed by atoms with Crippen molar-refractivity contribution in [2.45, 2.75) is 30.5 Å². The molecule has 1 aliphatic rings. The third kappa shape index (κ3) is 3.42. The molecular weight excluding hydrogens is 428 g/mol. The minimum absolute atomic E-state index is 0.0304. The molecule has 2 aromatic carbocycles. The van der Waals surface area contributed by atoms with E-state index in [-0.39, 0.29) is 28.0 Å². The van der Waals surface area contributed by atoms with Crippen molar-refractivity contribution in [3.8, 4) is 34.3 Å². The first-order chi connectivity index (χ1) is 15.1. The van der Waals surface area contributed by atoms with Crippen LogP contribution in [-0.4, -0.2) is 71.9 Å². The standard InChI is InChI=1S/C21H20O11/c22-6-14-17(27)19(29)20(30)21(32-14)16-11(26)5-13-15(18(16)28)10(25)4-12(31-13)7-1-2-8(23)9(24)3-7/h1-5,14,17,19-24,26-30H,6H2/t14-,17-,19-,20-,21+/m0/s1. The van der Waals surface area contributed by atoms with E-state index < -0.39 is 65.4 Å². The van der Waals surface area contributed by atoms with Crippen LogP contribution in [-0.2, 0) is 4.74 Å².